The molecule has 0 fully saturated rings. The highest BCUT2D eigenvalue weighted by atomic mass is 16.7. The number of methoxy groups -OCH3 is 1. The van der Waals surface area contributed by atoms with Gasteiger partial charge in [0.25, 0.3) is 0 Å². The van der Waals surface area contributed by atoms with Crippen LogP contribution < -0.4 is 14.2 Å². The summed E-state index contributed by atoms with van der Waals surface area (Å²) >= 11 is 0. The maximum atomic E-state index is 12.1. The number of ether oxygens (including phenoxy) is 3. The predicted molar refractivity (Wildman–Crippen MR) is 92.0 cm³/mol. The molecule has 0 aromatic heterocycles. The number of hydrogen-bond acceptors (Lipinski definition) is 5. The smallest absolute Gasteiger partial charge is 0.240 e. The topological polar surface area (TPSA) is 60.4 Å². The van der Waals surface area contributed by atoms with E-state index in [1.165, 1.54) is 6.92 Å². The van der Waals surface area contributed by atoms with Crippen LogP contribution in [0.4, 0.5) is 0 Å². The molecule has 2 aliphatic rings. The summed E-state index contributed by atoms with van der Waals surface area (Å²) in [6, 6.07) is 13.3. The average Bonchev–Trinajstić information content (AvgIpc) is 3.28. The van der Waals surface area contributed by atoms with Crippen LogP contribution in [0.15, 0.2) is 47.6 Å². The zero-order valence-electron chi connectivity index (χ0n) is 14.1. The van der Waals surface area contributed by atoms with Gasteiger partial charge < -0.3 is 14.2 Å². The highest BCUT2D eigenvalue weighted by Gasteiger charge is 2.32. The Bertz CT molecular complexity index is 845. The van der Waals surface area contributed by atoms with E-state index in [1.807, 2.05) is 42.5 Å². The van der Waals surface area contributed by atoms with Gasteiger partial charge in [0.05, 0.1) is 18.9 Å². The Morgan fingerprint density at radius 1 is 1.16 bits per heavy atom. The molecule has 128 valence electrons. The zero-order chi connectivity index (χ0) is 17.4. The molecule has 0 bridgehead atoms. The third-order valence-electron chi connectivity index (χ3n) is 4.44. The van der Waals surface area contributed by atoms with E-state index < -0.39 is 0 Å². The fraction of sp³-hybridized carbons (Fsp3) is 0.263. The van der Waals surface area contributed by atoms with E-state index in [4.69, 9.17) is 14.2 Å². The molecule has 1 atom stereocenters. The van der Waals surface area contributed by atoms with Gasteiger partial charge in [-0.1, -0.05) is 12.1 Å². The third-order valence-corrected chi connectivity index (χ3v) is 4.44. The molecule has 6 heteroatoms. The lowest BCUT2D eigenvalue weighted by molar-refractivity contribution is -0.130. The molecular weight excluding hydrogens is 320 g/mol. The number of amides is 1. The Hall–Kier alpha value is -3.02. The van der Waals surface area contributed by atoms with Gasteiger partial charge in [-0.05, 0) is 35.9 Å². The van der Waals surface area contributed by atoms with E-state index in [9.17, 15) is 4.79 Å². The first kappa shape index (κ1) is 15.5. The molecule has 2 aliphatic heterocycles. The summed E-state index contributed by atoms with van der Waals surface area (Å²) in [6.07, 6.45) is 0.644. The second-order valence-electron chi connectivity index (χ2n) is 5.97. The lowest BCUT2D eigenvalue weighted by Gasteiger charge is -2.20. The van der Waals surface area contributed by atoms with E-state index in [0.717, 1.165) is 28.3 Å². The van der Waals surface area contributed by atoms with E-state index in [0.29, 0.717) is 12.2 Å². The van der Waals surface area contributed by atoms with Crippen molar-refractivity contribution in [1.82, 2.24) is 5.01 Å². The molecule has 4 rings (SSSR count). The van der Waals surface area contributed by atoms with Crippen LogP contribution in [0.2, 0.25) is 0 Å². The number of fused-ring (bicyclic) bond motifs is 1. The number of rotatable bonds is 3. The first-order valence-electron chi connectivity index (χ1n) is 8.07. The summed E-state index contributed by atoms with van der Waals surface area (Å²) < 4.78 is 16.0. The number of hydrogen-bond donors (Lipinski definition) is 0. The van der Waals surface area contributed by atoms with Crippen molar-refractivity contribution in [2.45, 2.75) is 19.4 Å². The number of carbonyl (C=O) groups is 1. The third kappa shape index (κ3) is 2.80. The van der Waals surface area contributed by atoms with Crippen LogP contribution in [0.25, 0.3) is 0 Å². The largest absolute Gasteiger partial charge is 0.497 e. The van der Waals surface area contributed by atoms with Gasteiger partial charge in [-0.2, -0.15) is 5.10 Å². The molecule has 0 saturated carbocycles. The van der Waals surface area contributed by atoms with Crippen LogP contribution in [-0.4, -0.2) is 30.5 Å². The Morgan fingerprint density at radius 2 is 1.92 bits per heavy atom. The van der Waals surface area contributed by atoms with E-state index in [2.05, 4.69) is 5.10 Å². The van der Waals surface area contributed by atoms with Crippen molar-refractivity contribution in [1.29, 1.82) is 0 Å². The molecule has 0 radical (unpaired) electrons. The van der Waals surface area contributed by atoms with Crippen LogP contribution in [0.1, 0.15) is 30.5 Å². The Morgan fingerprint density at radius 3 is 2.64 bits per heavy atom. The quantitative estimate of drug-likeness (QED) is 0.863. The summed E-state index contributed by atoms with van der Waals surface area (Å²) in [6.45, 7) is 1.77. The molecule has 0 unspecified atom stereocenters. The second-order valence-corrected chi connectivity index (χ2v) is 5.97. The van der Waals surface area contributed by atoms with Crippen molar-refractivity contribution in [3.63, 3.8) is 0 Å². The van der Waals surface area contributed by atoms with Gasteiger partial charge in [-0.25, -0.2) is 5.01 Å². The standard InChI is InChI=1S/C19H18N2O4/c1-12(22)21-17(13-3-6-15(23-2)7-4-13)10-16(20-21)14-5-8-18-19(9-14)25-11-24-18/h3-9,17H,10-11H2,1-2H3/t17-/m0/s1. The molecule has 1 amide bonds. The molecular formula is C19H18N2O4. The van der Waals surface area contributed by atoms with Crippen LogP contribution in [0, 0.1) is 0 Å². The molecule has 6 nitrogen and oxygen atoms in total. The maximum Gasteiger partial charge on any atom is 0.240 e. The van der Waals surface area contributed by atoms with Crippen LogP contribution in [0.3, 0.4) is 0 Å². The first-order valence-corrected chi connectivity index (χ1v) is 8.07. The molecule has 0 aliphatic carbocycles. The fourth-order valence-electron chi connectivity index (χ4n) is 3.14. The van der Waals surface area contributed by atoms with E-state index >= 15 is 0 Å². The van der Waals surface area contributed by atoms with Crippen LogP contribution in [0.5, 0.6) is 17.2 Å². The molecule has 0 N–H and O–H groups in total. The van der Waals surface area contributed by atoms with Crippen molar-refractivity contribution < 1.29 is 19.0 Å². The van der Waals surface area contributed by atoms with Gasteiger partial charge in [-0.3, -0.25) is 4.79 Å². The molecule has 0 saturated heterocycles. The number of benzene rings is 2. The van der Waals surface area contributed by atoms with E-state index in [-0.39, 0.29) is 18.7 Å². The van der Waals surface area contributed by atoms with Gasteiger partial charge in [0, 0.05) is 18.9 Å². The number of nitrogens with zero attached hydrogens (tertiary/aromatic N) is 2. The van der Waals surface area contributed by atoms with Crippen molar-refractivity contribution in [3.05, 3.63) is 53.6 Å². The lowest BCUT2D eigenvalue weighted by Crippen LogP contribution is -2.24. The predicted octanol–water partition coefficient (Wildman–Crippen LogP) is 3.12. The summed E-state index contributed by atoms with van der Waals surface area (Å²) in [5.41, 5.74) is 2.82. The average molecular weight is 338 g/mol. The lowest BCUT2D eigenvalue weighted by atomic mass is 9.98. The van der Waals surface area contributed by atoms with Gasteiger partial charge in [-0.15, -0.1) is 0 Å². The number of hydrazone groups is 1. The minimum atomic E-state index is -0.121. The summed E-state index contributed by atoms with van der Waals surface area (Å²) in [5, 5.41) is 6.10. The monoisotopic (exact) mass is 338 g/mol. The van der Waals surface area contributed by atoms with Gasteiger partial charge in [0.1, 0.15) is 5.75 Å². The van der Waals surface area contributed by atoms with E-state index in [1.54, 1.807) is 12.1 Å². The highest BCUT2D eigenvalue weighted by molar-refractivity contribution is 6.03. The summed E-state index contributed by atoms with van der Waals surface area (Å²) in [7, 11) is 1.63. The first-order chi connectivity index (χ1) is 12.2. The molecule has 2 heterocycles. The summed E-state index contributed by atoms with van der Waals surface area (Å²) in [4.78, 5) is 12.1. The molecule has 25 heavy (non-hydrogen) atoms. The molecule has 0 spiro atoms. The van der Waals surface area contributed by atoms with Gasteiger partial charge in [0.2, 0.25) is 12.7 Å². The van der Waals surface area contributed by atoms with Gasteiger partial charge in [0.15, 0.2) is 11.5 Å². The fourth-order valence-corrected chi connectivity index (χ4v) is 3.14. The van der Waals surface area contributed by atoms with Gasteiger partial charge >= 0.3 is 0 Å². The minimum Gasteiger partial charge on any atom is -0.497 e. The van der Waals surface area contributed by atoms with Crippen molar-refractivity contribution >= 4 is 11.6 Å². The van der Waals surface area contributed by atoms with Crippen molar-refractivity contribution in [3.8, 4) is 17.2 Å². The molecule has 2 aromatic carbocycles. The molecule has 2 aromatic rings. The minimum absolute atomic E-state index is 0.0865. The maximum absolute atomic E-state index is 12.1. The SMILES string of the molecule is COc1ccc([C@@H]2CC(c3ccc4c(c3)OCO4)=NN2C(C)=O)cc1. The Balaban J connectivity index is 1.64. The van der Waals surface area contributed by atoms with Crippen LogP contribution in [-0.2, 0) is 4.79 Å². The summed E-state index contributed by atoms with van der Waals surface area (Å²) in [5.74, 6) is 2.14. The van der Waals surface area contributed by atoms with Crippen molar-refractivity contribution in [2.75, 3.05) is 13.9 Å². The van der Waals surface area contributed by atoms with Crippen LogP contribution >= 0.6 is 0 Å². The zero-order valence-corrected chi connectivity index (χ0v) is 14.1. The second kappa shape index (κ2) is 6.12. The van der Waals surface area contributed by atoms with Crippen molar-refractivity contribution in [2.24, 2.45) is 5.10 Å². The Labute approximate surface area is 145 Å². The number of carbonyl (C=O) groups excluding carboxylic acids is 1. The Kier molecular flexibility index (Phi) is 3.80. The normalized spacial score (nSPS) is 18.2. The highest BCUT2D eigenvalue weighted by Crippen LogP contribution is 2.37.